The molecule has 1 heterocycles. The van der Waals surface area contributed by atoms with Gasteiger partial charge in [0.1, 0.15) is 23.9 Å². The molecule has 1 atom stereocenters. The molecule has 0 bridgehead atoms. The van der Waals surface area contributed by atoms with E-state index in [9.17, 15) is 4.79 Å². The van der Waals surface area contributed by atoms with Gasteiger partial charge in [-0.3, -0.25) is 4.79 Å². The number of furan rings is 1. The Bertz CT molecular complexity index is 914. The molecular formula is C23H25NO4. The van der Waals surface area contributed by atoms with E-state index in [-0.39, 0.29) is 24.3 Å². The van der Waals surface area contributed by atoms with E-state index in [1.807, 2.05) is 56.3 Å². The molecule has 0 radical (unpaired) electrons. The van der Waals surface area contributed by atoms with Crippen LogP contribution in [0.25, 0.3) is 0 Å². The molecule has 0 aliphatic carbocycles. The highest BCUT2D eigenvalue weighted by atomic mass is 16.5. The number of amides is 1. The van der Waals surface area contributed by atoms with E-state index in [1.54, 1.807) is 25.3 Å². The van der Waals surface area contributed by atoms with Crippen LogP contribution in [0.1, 0.15) is 46.8 Å². The Morgan fingerprint density at radius 2 is 1.82 bits per heavy atom. The van der Waals surface area contributed by atoms with Crippen molar-refractivity contribution in [2.45, 2.75) is 32.9 Å². The van der Waals surface area contributed by atoms with Crippen LogP contribution in [-0.2, 0) is 6.61 Å². The van der Waals surface area contributed by atoms with Crippen LogP contribution in [-0.4, -0.2) is 13.0 Å². The summed E-state index contributed by atoms with van der Waals surface area (Å²) < 4.78 is 16.5. The van der Waals surface area contributed by atoms with Crippen LogP contribution >= 0.6 is 0 Å². The zero-order valence-corrected chi connectivity index (χ0v) is 16.4. The number of hydrogen-bond acceptors (Lipinski definition) is 4. The molecule has 0 saturated carbocycles. The predicted molar refractivity (Wildman–Crippen MR) is 108 cm³/mol. The van der Waals surface area contributed by atoms with Crippen LogP contribution < -0.4 is 14.8 Å². The summed E-state index contributed by atoms with van der Waals surface area (Å²) in [7, 11) is 1.61. The minimum absolute atomic E-state index is 0.0605. The second-order valence-electron chi connectivity index (χ2n) is 6.58. The van der Waals surface area contributed by atoms with Gasteiger partial charge in [0, 0.05) is 6.07 Å². The molecule has 0 aliphatic rings. The molecule has 2 aromatic carbocycles. The molecule has 1 aromatic heterocycles. The summed E-state index contributed by atoms with van der Waals surface area (Å²) in [6.07, 6.45) is 0.793. The first kappa shape index (κ1) is 19.5. The maximum atomic E-state index is 12.6. The number of carbonyl (C=O) groups is 1. The third kappa shape index (κ3) is 4.94. The van der Waals surface area contributed by atoms with Crippen molar-refractivity contribution in [1.82, 2.24) is 5.32 Å². The number of aryl methyl sites for hydroxylation is 1. The molecule has 0 saturated heterocycles. The predicted octanol–water partition coefficient (Wildman–Crippen LogP) is 5.06. The molecule has 1 N–H and O–H groups in total. The summed E-state index contributed by atoms with van der Waals surface area (Å²) in [5, 5.41) is 3.03. The Morgan fingerprint density at radius 3 is 2.54 bits per heavy atom. The summed E-state index contributed by atoms with van der Waals surface area (Å²) in [5.41, 5.74) is 2.27. The number of methoxy groups -OCH3 is 1. The average Bonchev–Trinajstić information content (AvgIpc) is 3.20. The number of rotatable bonds is 8. The highest BCUT2D eigenvalue weighted by molar-refractivity contribution is 5.91. The van der Waals surface area contributed by atoms with Crippen molar-refractivity contribution < 1.29 is 18.7 Å². The van der Waals surface area contributed by atoms with Gasteiger partial charge in [0.25, 0.3) is 5.91 Å². The van der Waals surface area contributed by atoms with Crippen LogP contribution in [0.3, 0.4) is 0 Å². The monoisotopic (exact) mass is 379 g/mol. The SMILES string of the molecule is CCC(NC(=O)c1ccc(COc2cccc(OC)c2)o1)c1ccc(C)cc1. The van der Waals surface area contributed by atoms with Gasteiger partial charge < -0.3 is 19.2 Å². The van der Waals surface area contributed by atoms with Gasteiger partial charge in [0.2, 0.25) is 0 Å². The lowest BCUT2D eigenvalue weighted by atomic mass is 10.0. The molecule has 5 nitrogen and oxygen atoms in total. The Balaban J connectivity index is 1.60. The third-order valence-electron chi connectivity index (χ3n) is 4.50. The molecule has 3 rings (SSSR count). The minimum atomic E-state index is -0.236. The first-order chi connectivity index (χ1) is 13.6. The Morgan fingerprint density at radius 1 is 1.07 bits per heavy atom. The van der Waals surface area contributed by atoms with Crippen LogP contribution in [0, 0.1) is 6.92 Å². The van der Waals surface area contributed by atoms with E-state index >= 15 is 0 Å². The summed E-state index contributed by atoms with van der Waals surface area (Å²) in [6, 6.07) is 18.9. The first-order valence-corrected chi connectivity index (χ1v) is 9.32. The normalized spacial score (nSPS) is 11.7. The highest BCUT2D eigenvalue weighted by Crippen LogP contribution is 2.21. The van der Waals surface area contributed by atoms with Gasteiger partial charge >= 0.3 is 0 Å². The number of carbonyl (C=O) groups excluding carboxylic acids is 1. The van der Waals surface area contributed by atoms with Crippen molar-refractivity contribution in [3.8, 4) is 11.5 Å². The van der Waals surface area contributed by atoms with E-state index in [0.717, 1.165) is 17.7 Å². The minimum Gasteiger partial charge on any atom is -0.497 e. The lowest BCUT2D eigenvalue weighted by Crippen LogP contribution is -2.27. The van der Waals surface area contributed by atoms with Gasteiger partial charge in [-0.1, -0.05) is 42.8 Å². The fourth-order valence-electron chi connectivity index (χ4n) is 2.87. The highest BCUT2D eigenvalue weighted by Gasteiger charge is 2.17. The molecular weight excluding hydrogens is 354 g/mol. The largest absolute Gasteiger partial charge is 0.497 e. The summed E-state index contributed by atoms with van der Waals surface area (Å²) in [5.74, 6) is 2.01. The van der Waals surface area contributed by atoms with E-state index in [4.69, 9.17) is 13.9 Å². The molecule has 146 valence electrons. The summed E-state index contributed by atoms with van der Waals surface area (Å²) in [6.45, 7) is 4.32. The summed E-state index contributed by atoms with van der Waals surface area (Å²) in [4.78, 5) is 12.6. The van der Waals surface area contributed by atoms with E-state index in [1.165, 1.54) is 5.56 Å². The standard InChI is InChI=1S/C23H25NO4/c1-4-21(17-10-8-16(2)9-11-17)24-23(25)22-13-12-20(28-22)15-27-19-7-5-6-18(14-19)26-3/h5-14,21H,4,15H2,1-3H3,(H,24,25). The zero-order valence-electron chi connectivity index (χ0n) is 16.4. The molecule has 5 heteroatoms. The maximum absolute atomic E-state index is 12.6. The van der Waals surface area contributed by atoms with Crippen molar-refractivity contribution in [2.24, 2.45) is 0 Å². The number of nitrogens with one attached hydrogen (secondary N) is 1. The molecule has 0 spiro atoms. The van der Waals surface area contributed by atoms with Gasteiger partial charge in [-0.05, 0) is 43.2 Å². The van der Waals surface area contributed by atoms with Gasteiger partial charge in [-0.25, -0.2) is 0 Å². The summed E-state index contributed by atoms with van der Waals surface area (Å²) >= 11 is 0. The van der Waals surface area contributed by atoms with Crippen LogP contribution in [0.2, 0.25) is 0 Å². The van der Waals surface area contributed by atoms with Crippen molar-refractivity contribution in [3.63, 3.8) is 0 Å². The molecule has 0 aliphatic heterocycles. The molecule has 3 aromatic rings. The quantitative estimate of drug-likeness (QED) is 0.594. The van der Waals surface area contributed by atoms with Crippen LogP contribution in [0.15, 0.2) is 65.1 Å². The Labute approximate surface area is 165 Å². The van der Waals surface area contributed by atoms with Crippen molar-refractivity contribution in [2.75, 3.05) is 7.11 Å². The lowest BCUT2D eigenvalue weighted by Gasteiger charge is -2.17. The number of benzene rings is 2. The topological polar surface area (TPSA) is 60.7 Å². The lowest BCUT2D eigenvalue weighted by molar-refractivity contribution is 0.0903. The van der Waals surface area contributed by atoms with Crippen LogP contribution in [0.4, 0.5) is 0 Å². The molecule has 1 amide bonds. The molecule has 1 unspecified atom stereocenters. The third-order valence-corrected chi connectivity index (χ3v) is 4.50. The Kier molecular flexibility index (Phi) is 6.37. The van der Waals surface area contributed by atoms with Gasteiger partial charge in [0.15, 0.2) is 5.76 Å². The van der Waals surface area contributed by atoms with Gasteiger partial charge in [0.05, 0.1) is 13.2 Å². The number of hydrogen-bond donors (Lipinski definition) is 1. The van der Waals surface area contributed by atoms with E-state index in [2.05, 4.69) is 5.32 Å². The smallest absolute Gasteiger partial charge is 0.287 e. The van der Waals surface area contributed by atoms with Gasteiger partial charge in [-0.15, -0.1) is 0 Å². The average molecular weight is 379 g/mol. The van der Waals surface area contributed by atoms with Crippen molar-refractivity contribution in [3.05, 3.63) is 83.3 Å². The molecule has 28 heavy (non-hydrogen) atoms. The van der Waals surface area contributed by atoms with Crippen molar-refractivity contribution >= 4 is 5.91 Å². The first-order valence-electron chi connectivity index (χ1n) is 9.32. The van der Waals surface area contributed by atoms with E-state index in [0.29, 0.717) is 11.5 Å². The zero-order chi connectivity index (χ0) is 19.9. The second kappa shape index (κ2) is 9.13. The van der Waals surface area contributed by atoms with E-state index < -0.39 is 0 Å². The second-order valence-corrected chi connectivity index (χ2v) is 6.58. The fraction of sp³-hybridized carbons (Fsp3) is 0.261. The molecule has 0 fully saturated rings. The van der Waals surface area contributed by atoms with Crippen LogP contribution in [0.5, 0.6) is 11.5 Å². The van der Waals surface area contributed by atoms with Crippen molar-refractivity contribution in [1.29, 1.82) is 0 Å². The Hall–Kier alpha value is -3.21. The number of ether oxygens (including phenoxy) is 2. The van der Waals surface area contributed by atoms with Gasteiger partial charge in [-0.2, -0.15) is 0 Å². The fourth-order valence-corrected chi connectivity index (χ4v) is 2.87. The maximum Gasteiger partial charge on any atom is 0.287 e.